The Bertz CT molecular complexity index is 543. The molecule has 2 atom stereocenters. The smallest absolute Gasteiger partial charge is 0.251 e. The number of rotatable bonds is 6. The molecule has 0 bridgehead atoms. The van der Waals surface area contributed by atoms with Crippen molar-refractivity contribution in [2.75, 3.05) is 18.6 Å². The fourth-order valence-corrected chi connectivity index (χ4v) is 2.33. The van der Waals surface area contributed by atoms with E-state index in [1.54, 1.807) is 30.5 Å². The highest BCUT2D eigenvalue weighted by Crippen LogP contribution is 2.04. The number of hydrogen-bond donors (Lipinski definition) is 2. The Morgan fingerprint density at radius 2 is 2.05 bits per heavy atom. The number of aliphatic hydroxyl groups is 1. The maximum absolute atomic E-state index is 12.0. The lowest BCUT2D eigenvalue weighted by molar-refractivity contribution is 0.0939. The average molecular weight is 307 g/mol. The van der Waals surface area contributed by atoms with Crippen molar-refractivity contribution in [2.45, 2.75) is 25.8 Å². The Kier molecular flexibility index (Phi) is 7.73. The molecule has 0 aliphatic carbocycles. The minimum absolute atomic E-state index is 0.00887. The van der Waals surface area contributed by atoms with Crippen LogP contribution in [-0.2, 0) is 10.8 Å². The minimum atomic E-state index is -0.837. The number of amides is 1. The largest absolute Gasteiger partial charge is 0.395 e. The predicted octanol–water partition coefficient (Wildman–Crippen LogP) is 1.31. The molecule has 5 heteroatoms. The van der Waals surface area contributed by atoms with Gasteiger partial charge in [-0.25, -0.2) is 0 Å². The van der Waals surface area contributed by atoms with Crippen molar-refractivity contribution in [2.24, 2.45) is 0 Å². The Balaban J connectivity index is 2.55. The first-order chi connectivity index (χ1) is 10.0. The van der Waals surface area contributed by atoms with Crippen LogP contribution in [0.1, 0.15) is 35.7 Å². The molecule has 0 aliphatic heterocycles. The first-order valence-corrected chi connectivity index (χ1v) is 8.56. The van der Waals surface area contributed by atoms with Gasteiger partial charge in [-0.1, -0.05) is 11.8 Å². The normalized spacial score (nSPS) is 12.9. The van der Waals surface area contributed by atoms with Gasteiger partial charge in [0.15, 0.2) is 0 Å². The van der Waals surface area contributed by atoms with E-state index in [-0.39, 0.29) is 18.6 Å². The highest BCUT2D eigenvalue weighted by molar-refractivity contribution is 7.84. The van der Waals surface area contributed by atoms with Crippen molar-refractivity contribution < 1.29 is 14.1 Å². The van der Waals surface area contributed by atoms with Crippen molar-refractivity contribution in [1.29, 1.82) is 0 Å². The lowest BCUT2D eigenvalue weighted by atomic mass is 10.1. The molecule has 2 unspecified atom stereocenters. The van der Waals surface area contributed by atoms with Gasteiger partial charge in [0.2, 0.25) is 0 Å². The van der Waals surface area contributed by atoms with Crippen molar-refractivity contribution >= 4 is 16.7 Å². The summed E-state index contributed by atoms with van der Waals surface area (Å²) in [7, 11) is -0.837. The highest BCUT2D eigenvalue weighted by Gasteiger charge is 2.09. The summed E-state index contributed by atoms with van der Waals surface area (Å²) < 4.78 is 11.0. The van der Waals surface area contributed by atoms with Crippen LogP contribution >= 0.6 is 0 Å². The molecule has 0 fully saturated rings. The first kappa shape index (κ1) is 17.4. The van der Waals surface area contributed by atoms with Crippen molar-refractivity contribution in [3.63, 3.8) is 0 Å². The zero-order chi connectivity index (χ0) is 15.7. The Morgan fingerprint density at radius 3 is 2.62 bits per heavy atom. The maximum atomic E-state index is 12.0. The zero-order valence-corrected chi connectivity index (χ0v) is 13.2. The number of nitrogens with one attached hydrogen (secondary N) is 1. The zero-order valence-electron chi connectivity index (χ0n) is 12.4. The molecule has 1 aromatic carbocycles. The second-order valence-electron chi connectivity index (χ2n) is 4.79. The summed E-state index contributed by atoms with van der Waals surface area (Å²) in [6.07, 6.45) is 2.79. The van der Waals surface area contributed by atoms with Gasteiger partial charge in [0.05, 0.1) is 6.61 Å². The molecular weight excluding hydrogens is 286 g/mol. The van der Waals surface area contributed by atoms with Crippen molar-refractivity contribution in [3.05, 3.63) is 35.4 Å². The van der Waals surface area contributed by atoms with Crippen LogP contribution in [0.5, 0.6) is 0 Å². The lowest BCUT2D eigenvalue weighted by Gasteiger charge is -2.13. The molecule has 21 heavy (non-hydrogen) atoms. The molecule has 0 radical (unpaired) electrons. The van der Waals surface area contributed by atoms with Gasteiger partial charge in [0, 0.05) is 46.4 Å². The van der Waals surface area contributed by atoms with Crippen molar-refractivity contribution in [1.82, 2.24) is 5.32 Å². The summed E-state index contributed by atoms with van der Waals surface area (Å²) in [6, 6.07) is 7.01. The summed E-state index contributed by atoms with van der Waals surface area (Å²) in [5, 5.41) is 11.5. The quantitative estimate of drug-likeness (QED) is 0.779. The summed E-state index contributed by atoms with van der Waals surface area (Å²) in [5.41, 5.74) is 1.39. The number of carbonyl (C=O) groups is 1. The second-order valence-corrected chi connectivity index (χ2v) is 6.35. The lowest BCUT2D eigenvalue weighted by Crippen LogP contribution is -2.33. The fourth-order valence-electron chi connectivity index (χ4n) is 1.65. The molecule has 0 spiro atoms. The van der Waals surface area contributed by atoms with Gasteiger partial charge in [0.1, 0.15) is 0 Å². The molecular formula is C16H21NO3S. The van der Waals surface area contributed by atoms with Crippen LogP contribution < -0.4 is 5.32 Å². The van der Waals surface area contributed by atoms with Crippen LogP contribution in [0, 0.1) is 11.8 Å². The SMILES string of the molecule is CC(CCS(C)=O)NC(=O)c1ccc(C#CCCO)cc1. The van der Waals surface area contributed by atoms with E-state index in [1.807, 2.05) is 6.92 Å². The number of hydrogen-bond acceptors (Lipinski definition) is 3. The third-order valence-corrected chi connectivity index (χ3v) is 3.64. The van der Waals surface area contributed by atoms with Gasteiger partial charge >= 0.3 is 0 Å². The van der Waals surface area contributed by atoms with E-state index in [1.165, 1.54) is 0 Å². The molecule has 0 saturated heterocycles. The van der Waals surface area contributed by atoms with Crippen LogP contribution in [-0.4, -0.2) is 39.9 Å². The van der Waals surface area contributed by atoms with E-state index in [0.29, 0.717) is 24.2 Å². The summed E-state index contributed by atoms with van der Waals surface area (Å²) in [5.74, 6) is 6.18. The average Bonchev–Trinajstić information content (AvgIpc) is 2.46. The van der Waals surface area contributed by atoms with Crippen molar-refractivity contribution in [3.8, 4) is 11.8 Å². The van der Waals surface area contributed by atoms with Crippen LogP contribution in [0.15, 0.2) is 24.3 Å². The standard InChI is InChI=1S/C16H21NO3S/c1-13(10-12-21(2)20)17-16(19)15-8-6-14(7-9-15)5-3-4-11-18/h6-9,13,18H,4,10-12H2,1-2H3,(H,17,19). The molecule has 114 valence electrons. The van der Waals surface area contributed by atoms with Gasteiger partial charge in [-0.3, -0.25) is 9.00 Å². The van der Waals surface area contributed by atoms with Crippen LogP contribution in [0.25, 0.3) is 0 Å². The third kappa shape index (κ3) is 7.07. The van der Waals surface area contributed by atoms with E-state index in [9.17, 15) is 9.00 Å². The summed E-state index contributed by atoms with van der Waals surface area (Å²) in [6.45, 7) is 1.95. The molecule has 4 nitrogen and oxygen atoms in total. The van der Waals surface area contributed by atoms with E-state index in [4.69, 9.17) is 5.11 Å². The molecule has 2 N–H and O–H groups in total. The van der Waals surface area contributed by atoms with E-state index < -0.39 is 10.8 Å². The van der Waals surface area contributed by atoms with E-state index in [0.717, 1.165) is 5.56 Å². The van der Waals surface area contributed by atoms with Gasteiger partial charge in [-0.05, 0) is 37.6 Å². The Morgan fingerprint density at radius 1 is 1.38 bits per heavy atom. The number of carbonyl (C=O) groups excluding carboxylic acids is 1. The van der Waals surface area contributed by atoms with Crippen LogP contribution in [0.2, 0.25) is 0 Å². The molecule has 1 amide bonds. The molecule has 1 aromatic rings. The molecule has 0 aromatic heterocycles. The number of benzene rings is 1. The molecule has 0 saturated carbocycles. The van der Waals surface area contributed by atoms with Crippen LogP contribution in [0.4, 0.5) is 0 Å². The van der Waals surface area contributed by atoms with E-state index in [2.05, 4.69) is 17.2 Å². The maximum Gasteiger partial charge on any atom is 0.251 e. The van der Waals surface area contributed by atoms with Gasteiger partial charge in [-0.2, -0.15) is 0 Å². The fraction of sp³-hybridized carbons (Fsp3) is 0.438. The summed E-state index contributed by atoms with van der Waals surface area (Å²) in [4.78, 5) is 12.0. The molecule has 0 heterocycles. The Labute approximate surface area is 128 Å². The highest BCUT2D eigenvalue weighted by atomic mass is 32.2. The van der Waals surface area contributed by atoms with Gasteiger partial charge in [-0.15, -0.1) is 0 Å². The summed E-state index contributed by atoms with van der Waals surface area (Å²) >= 11 is 0. The molecule has 1 rings (SSSR count). The van der Waals surface area contributed by atoms with Crippen LogP contribution in [0.3, 0.4) is 0 Å². The monoisotopic (exact) mass is 307 g/mol. The van der Waals surface area contributed by atoms with Gasteiger partial charge < -0.3 is 10.4 Å². The third-order valence-electron chi connectivity index (χ3n) is 2.83. The first-order valence-electron chi connectivity index (χ1n) is 6.83. The molecule has 0 aliphatic rings. The number of aliphatic hydroxyl groups excluding tert-OH is 1. The Hall–Kier alpha value is -1.64. The minimum Gasteiger partial charge on any atom is -0.395 e. The topological polar surface area (TPSA) is 66.4 Å². The van der Waals surface area contributed by atoms with Gasteiger partial charge in [0.25, 0.3) is 5.91 Å². The van der Waals surface area contributed by atoms with E-state index >= 15 is 0 Å². The second kappa shape index (κ2) is 9.32. The predicted molar refractivity (Wildman–Crippen MR) is 85.5 cm³/mol.